The smallest absolute Gasteiger partial charge is 0.173 e. The molecule has 0 atom stereocenters. The monoisotopic (exact) mass is 358 g/mol. The fourth-order valence-corrected chi connectivity index (χ4v) is 3.66. The summed E-state index contributed by atoms with van der Waals surface area (Å²) in [6.07, 6.45) is 5.61. The number of furan rings is 1. The number of benzene rings is 1. The normalized spacial score (nSPS) is 14.6. The second-order valence-corrected chi connectivity index (χ2v) is 7.19. The molecule has 0 spiro atoms. The van der Waals surface area contributed by atoms with Gasteiger partial charge in [0.1, 0.15) is 5.76 Å². The van der Waals surface area contributed by atoms with E-state index in [4.69, 9.17) is 16.6 Å². The molecule has 25 heavy (non-hydrogen) atoms. The number of likely N-dealkylation sites (tertiary alicyclic amines) is 1. The number of thiocarbonyl (C=S) groups is 1. The van der Waals surface area contributed by atoms with Gasteiger partial charge in [0.05, 0.1) is 32.4 Å². The lowest BCUT2D eigenvalue weighted by Gasteiger charge is -2.26. The fourth-order valence-electron chi connectivity index (χ4n) is 3.40. The molecule has 3 rings (SSSR count). The Morgan fingerprint density at radius 1 is 1.20 bits per heavy atom. The lowest BCUT2D eigenvalue weighted by molar-refractivity contribution is -0.887. The van der Waals surface area contributed by atoms with Gasteiger partial charge in [0.25, 0.3) is 0 Å². The van der Waals surface area contributed by atoms with E-state index < -0.39 is 0 Å². The summed E-state index contributed by atoms with van der Waals surface area (Å²) in [5, 5.41) is 4.18. The van der Waals surface area contributed by atoms with Crippen molar-refractivity contribution in [3.63, 3.8) is 0 Å². The highest BCUT2D eigenvalue weighted by atomic mass is 32.1. The van der Waals surface area contributed by atoms with Gasteiger partial charge in [-0.15, -0.1) is 0 Å². The van der Waals surface area contributed by atoms with Gasteiger partial charge in [-0.25, -0.2) is 0 Å². The second kappa shape index (κ2) is 9.02. The van der Waals surface area contributed by atoms with E-state index in [1.165, 1.54) is 38.0 Å². The average Bonchev–Trinajstić information content (AvgIpc) is 3.29. The second-order valence-electron chi connectivity index (χ2n) is 6.81. The highest BCUT2D eigenvalue weighted by Crippen LogP contribution is 2.15. The molecular weight excluding hydrogens is 330 g/mol. The molecule has 1 aromatic carbocycles. The molecule has 0 aliphatic carbocycles. The summed E-state index contributed by atoms with van der Waals surface area (Å²) >= 11 is 5.70. The number of nitrogens with zero attached hydrogens (tertiary/aromatic N) is 1. The highest BCUT2D eigenvalue weighted by molar-refractivity contribution is 7.80. The van der Waals surface area contributed by atoms with E-state index in [1.54, 1.807) is 11.2 Å². The molecule has 1 aliphatic heterocycles. The summed E-state index contributed by atoms with van der Waals surface area (Å²) in [5.74, 6) is 0.947. The summed E-state index contributed by atoms with van der Waals surface area (Å²) in [4.78, 5) is 3.95. The van der Waals surface area contributed by atoms with Crippen LogP contribution in [0.25, 0.3) is 0 Å². The van der Waals surface area contributed by atoms with Crippen molar-refractivity contribution in [1.82, 2.24) is 4.90 Å². The molecule has 2 heterocycles. The maximum absolute atomic E-state index is 5.70. The first kappa shape index (κ1) is 18.0. The quantitative estimate of drug-likeness (QED) is 0.746. The predicted octanol–water partition coefficient (Wildman–Crippen LogP) is 2.86. The SMILES string of the molecule is Cc1ccccc1NC(=S)N(CCC[NH+]1CCCC1)Cc1ccco1. The summed E-state index contributed by atoms with van der Waals surface area (Å²) in [6, 6.07) is 12.2. The number of rotatable bonds is 7. The molecule has 0 radical (unpaired) electrons. The van der Waals surface area contributed by atoms with Crippen LogP contribution in [-0.4, -0.2) is 36.2 Å². The molecule has 0 bridgehead atoms. The Morgan fingerprint density at radius 2 is 2.00 bits per heavy atom. The number of aryl methyl sites for hydroxylation is 1. The van der Waals surface area contributed by atoms with E-state index in [0.717, 1.165) is 29.5 Å². The topological polar surface area (TPSA) is 32.9 Å². The van der Waals surface area contributed by atoms with Crippen LogP contribution in [0, 0.1) is 6.92 Å². The predicted molar refractivity (Wildman–Crippen MR) is 106 cm³/mol. The number of hydrogen-bond donors (Lipinski definition) is 2. The van der Waals surface area contributed by atoms with Crippen LogP contribution in [0.4, 0.5) is 5.69 Å². The van der Waals surface area contributed by atoms with Crippen molar-refractivity contribution in [1.29, 1.82) is 0 Å². The first-order valence-corrected chi connectivity index (χ1v) is 9.61. The molecule has 134 valence electrons. The van der Waals surface area contributed by atoms with E-state index in [1.807, 2.05) is 24.3 Å². The van der Waals surface area contributed by atoms with Gasteiger partial charge in [-0.2, -0.15) is 0 Å². The molecule has 0 unspecified atom stereocenters. The van der Waals surface area contributed by atoms with Crippen LogP contribution < -0.4 is 10.2 Å². The van der Waals surface area contributed by atoms with Gasteiger partial charge < -0.3 is 19.5 Å². The number of hydrogen-bond acceptors (Lipinski definition) is 2. The van der Waals surface area contributed by atoms with Crippen molar-refractivity contribution in [2.24, 2.45) is 0 Å². The minimum absolute atomic E-state index is 0.708. The zero-order chi connectivity index (χ0) is 17.5. The number of nitrogens with one attached hydrogen (secondary N) is 2. The molecule has 5 heteroatoms. The zero-order valence-corrected chi connectivity index (χ0v) is 15.8. The fraction of sp³-hybridized carbons (Fsp3) is 0.450. The van der Waals surface area contributed by atoms with E-state index in [9.17, 15) is 0 Å². The average molecular weight is 359 g/mol. The Kier molecular flexibility index (Phi) is 6.48. The van der Waals surface area contributed by atoms with Crippen LogP contribution in [0.3, 0.4) is 0 Å². The van der Waals surface area contributed by atoms with Gasteiger partial charge in [0, 0.05) is 31.5 Å². The van der Waals surface area contributed by atoms with Crippen LogP contribution in [0.5, 0.6) is 0 Å². The Hall–Kier alpha value is -1.85. The molecule has 4 nitrogen and oxygen atoms in total. The highest BCUT2D eigenvalue weighted by Gasteiger charge is 2.17. The molecule has 2 N–H and O–H groups in total. The summed E-state index contributed by atoms with van der Waals surface area (Å²) in [7, 11) is 0. The Labute approximate surface area is 155 Å². The largest absolute Gasteiger partial charge is 0.467 e. The standard InChI is InChI=1S/C20H27N3OS/c1-17-8-2-3-10-19(17)21-20(25)23(16-18-9-6-15-24-18)14-7-13-22-11-4-5-12-22/h2-3,6,8-10,15H,4-5,7,11-14,16H2,1H3,(H,21,25)/p+1. The van der Waals surface area contributed by atoms with E-state index in [0.29, 0.717) is 6.54 Å². The van der Waals surface area contributed by atoms with Crippen molar-refractivity contribution in [2.45, 2.75) is 32.7 Å². The van der Waals surface area contributed by atoms with Crippen LogP contribution in [-0.2, 0) is 6.54 Å². The van der Waals surface area contributed by atoms with Crippen LogP contribution in [0.2, 0.25) is 0 Å². The number of quaternary nitrogens is 1. The van der Waals surface area contributed by atoms with E-state index in [-0.39, 0.29) is 0 Å². The molecule has 1 aliphatic rings. The molecule has 1 fully saturated rings. The number of anilines is 1. The first-order chi connectivity index (χ1) is 12.2. The molecular formula is C20H28N3OS+. The third-order valence-corrected chi connectivity index (χ3v) is 5.23. The zero-order valence-electron chi connectivity index (χ0n) is 15.0. The van der Waals surface area contributed by atoms with Gasteiger partial charge >= 0.3 is 0 Å². The third-order valence-electron chi connectivity index (χ3n) is 4.87. The van der Waals surface area contributed by atoms with Gasteiger partial charge in [-0.05, 0) is 42.9 Å². The first-order valence-electron chi connectivity index (χ1n) is 9.20. The molecule has 1 saturated heterocycles. The number of para-hydroxylation sites is 1. The summed E-state index contributed by atoms with van der Waals surface area (Å²) in [6.45, 7) is 7.62. The summed E-state index contributed by atoms with van der Waals surface area (Å²) in [5.41, 5.74) is 2.27. The minimum Gasteiger partial charge on any atom is -0.467 e. The van der Waals surface area contributed by atoms with E-state index in [2.05, 4.69) is 29.3 Å². The minimum atomic E-state index is 0.708. The van der Waals surface area contributed by atoms with Gasteiger partial charge in [-0.1, -0.05) is 18.2 Å². The van der Waals surface area contributed by atoms with Gasteiger partial charge in [-0.3, -0.25) is 0 Å². The van der Waals surface area contributed by atoms with Gasteiger partial charge in [0.15, 0.2) is 5.11 Å². The lowest BCUT2D eigenvalue weighted by Crippen LogP contribution is -3.10. The molecule has 0 amide bonds. The lowest BCUT2D eigenvalue weighted by atomic mass is 10.2. The molecule has 0 saturated carbocycles. The summed E-state index contributed by atoms with van der Waals surface area (Å²) < 4.78 is 5.53. The van der Waals surface area contributed by atoms with Gasteiger partial charge in [0.2, 0.25) is 0 Å². The van der Waals surface area contributed by atoms with Crippen molar-refractivity contribution < 1.29 is 9.32 Å². The third kappa shape index (κ3) is 5.31. The Morgan fingerprint density at radius 3 is 2.72 bits per heavy atom. The molecule has 2 aromatic rings. The van der Waals surface area contributed by atoms with Crippen molar-refractivity contribution in [3.05, 3.63) is 54.0 Å². The van der Waals surface area contributed by atoms with E-state index >= 15 is 0 Å². The van der Waals surface area contributed by atoms with Crippen LogP contribution >= 0.6 is 12.2 Å². The van der Waals surface area contributed by atoms with Crippen LogP contribution in [0.15, 0.2) is 47.1 Å². The maximum atomic E-state index is 5.70. The molecule has 1 aromatic heterocycles. The maximum Gasteiger partial charge on any atom is 0.173 e. The van der Waals surface area contributed by atoms with Crippen molar-refractivity contribution in [2.75, 3.05) is 31.5 Å². The Bertz CT molecular complexity index is 665. The Balaban J connectivity index is 1.60. The van der Waals surface area contributed by atoms with Crippen molar-refractivity contribution in [3.8, 4) is 0 Å². The van der Waals surface area contributed by atoms with Crippen LogP contribution in [0.1, 0.15) is 30.6 Å². The van der Waals surface area contributed by atoms with Crippen molar-refractivity contribution >= 4 is 23.0 Å².